The van der Waals surface area contributed by atoms with Crippen LogP contribution in [0.25, 0.3) is 11.4 Å². The SMILES string of the molecule is O=C(CCCn1nnc(-c2ccc(F)cc2)n1)NC[C@@H]1CCOC1. The topological polar surface area (TPSA) is 81.9 Å². The lowest BCUT2D eigenvalue weighted by Crippen LogP contribution is -2.29. The highest BCUT2D eigenvalue weighted by Crippen LogP contribution is 2.14. The van der Waals surface area contributed by atoms with Crippen molar-refractivity contribution in [2.45, 2.75) is 25.8 Å². The summed E-state index contributed by atoms with van der Waals surface area (Å²) in [6.45, 7) is 2.70. The highest BCUT2D eigenvalue weighted by Gasteiger charge is 2.16. The van der Waals surface area contributed by atoms with Crippen LogP contribution in [0.4, 0.5) is 4.39 Å². The second-order valence-corrected chi connectivity index (χ2v) is 5.85. The van der Waals surface area contributed by atoms with Gasteiger partial charge in [0.25, 0.3) is 0 Å². The summed E-state index contributed by atoms with van der Waals surface area (Å²) in [7, 11) is 0. The number of aryl methyl sites for hydroxylation is 1. The first-order chi connectivity index (χ1) is 11.7. The molecule has 24 heavy (non-hydrogen) atoms. The normalized spacial score (nSPS) is 17.1. The Labute approximate surface area is 139 Å². The van der Waals surface area contributed by atoms with Gasteiger partial charge < -0.3 is 10.1 Å². The fraction of sp³-hybridized carbons (Fsp3) is 0.500. The van der Waals surface area contributed by atoms with Crippen LogP contribution in [0.5, 0.6) is 0 Å². The molecule has 1 aliphatic rings. The molecule has 1 atom stereocenters. The minimum atomic E-state index is -0.304. The Morgan fingerprint density at radius 1 is 1.38 bits per heavy atom. The van der Waals surface area contributed by atoms with E-state index in [1.54, 1.807) is 12.1 Å². The van der Waals surface area contributed by atoms with E-state index in [4.69, 9.17) is 4.74 Å². The molecule has 0 radical (unpaired) electrons. The van der Waals surface area contributed by atoms with Crippen LogP contribution in [-0.2, 0) is 16.1 Å². The molecule has 1 aromatic heterocycles. The van der Waals surface area contributed by atoms with Crippen molar-refractivity contribution in [2.24, 2.45) is 5.92 Å². The lowest BCUT2D eigenvalue weighted by Gasteiger charge is -2.09. The lowest BCUT2D eigenvalue weighted by atomic mass is 10.1. The zero-order chi connectivity index (χ0) is 16.8. The van der Waals surface area contributed by atoms with Gasteiger partial charge in [-0.2, -0.15) is 4.80 Å². The zero-order valence-corrected chi connectivity index (χ0v) is 13.3. The minimum absolute atomic E-state index is 0.0285. The van der Waals surface area contributed by atoms with Crippen LogP contribution in [0.3, 0.4) is 0 Å². The fourth-order valence-corrected chi connectivity index (χ4v) is 2.52. The van der Waals surface area contributed by atoms with Crippen molar-refractivity contribution in [2.75, 3.05) is 19.8 Å². The number of aromatic nitrogens is 4. The van der Waals surface area contributed by atoms with Gasteiger partial charge in [0.15, 0.2) is 0 Å². The zero-order valence-electron chi connectivity index (χ0n) is 13.3. The fourth-order valence-electron chi connectivity index (χ4n) is 2.52. The van der Waals surface area contributed by atoms with Crippen molar-refractivity contribution >= 4 is 5.91 Å². The number of carbonyl (C=O) groups is 1. The Hall–Kier alpha value is -2.35. The highest BCUT2D eigenvalue weighted by atomic mass is 19.1. The van der Waals surface area contributed by atoms with E-state index in [0.29, 0.717) is 43.2 Å². The molecular weight excluding hydrogens is 313 g/mol. The van der Waals surface area contributed by atoms with Gasteiger partial charge in [-0.05, 0) is 42.3 Å². The Kier molecular flexibility index (Phi) is 5.47. The molecule has 2 aromatic rings. The summed E-state index contributed by atoms with van der Waals surface area (Å²) in [5.74, 6) is 0.604. The van der Waals surface area contributed by atoms with Crippen molar-refractivity contribution in [1.29, 1.82) is 0 Å². The molecule has 0 saturated carbocycles. The second kappa shape index (κ2) is 7.96. The van der Waals surface area contributed by atoms with Crippen LogP contribution in [0.1, 0.15) is 19.3 Å². The third-order valence-electron chi connectivity index (χ3n) is 3.93. The molecule has 3 rings (SSSR count). The van der Waals surface area contributed by atoms with E-state index in [0.717, 1.165) is 19.6 Å². The molecule has 8 heteroatoms. The highest BCUT2D eigenvalue weighted by molar-refractivity contribution is 5.75. The predicted octanol–water partition coefficient (Wildman–Crippen LogP) is 1.41. The molecule has 7 nitrogen and oxygen atoms in total. The Morgan fingerprint density at radius 2 is 2.21 bits per heavy atom. The lowest BCUT2D eigenvalue weighted by molar-refractivity contribution is -0.121. The van der Waals surface area contributed by atoms with Crippen LogP contribution < -0.4 is 5.32 Å². The molecule has 0 spiro atoms. The number of tetrazole rings is 1. The number of halogens is 1. The molecule has 0 unspecified atom stereocenters. The number of nitrogens with zero attached hydrogens (tertiary/aromatic N) is 4. The maximum Gasteiger partial charge on any atom is 0.220 e. The minimum Gasteiger partial charge on any atom is -0.381 e. The van der Waals surface area contributed by atoms with Gasteiger partial charge in [0.1, 0.15) is 5.82 Å². The number of nitrogens with one attached hydrogen (secondary N) is 1. The largest absolute Gasteiger partial charge is 0.381 e. The molecule has 1 N–H and O–H groups in total. The van der Waals surface area contributed by atoms with Gasteiger partial charge in [0, 0.05) is 31.1 Å². The summed E-state index contributed by atoms with van der Waals surface area (Å²) in [4.78, 5) is 13.3. The predicted molar refractivity (Wildman–Crippen MR) is 84.4 cm³/mol. The van der Waals surface area contributed by atoms with Gasteiger partial charge in [-0.1, -0.05) is 0 Å². The summed E-state index contributed by atoms with van der Waals surface area (Å²) in [5, 5.41) is 15.1. The van der Waals surface area contributed by atoms with E-state index in [1.807, 2.05) is 0 Å². The standard InChI is InChI=1S/C16H20FN5O2/c17-14-5-3-13(4-6-14)16-19-21-22(20-16)8-1-2-15(23)18-10-12-7-9-24-11-12/h3-6,12H,1-2,7-11H2,(H,18,23)/t12-/m0/s1. The Bertz CT molecular complexity index is 667. The maximum absolute atomic E-state index is 12.9. The molecule has 128 valence electrons. The van der Waals surface area contributed by atoms with Crippen molar-refractivity contribution in [1.82, 2.24) is 25.5 Å². The van der Waals surface area contributed by atoms with Crippen molar-refractivity contribution in [3.63, 3.8) is 0 Å². The van der Waals surface area contributed by atoms with Crippen LogP contribution in [0.2, 0.25) is 0 Å². The first kappa shape index (κ1) is 16.5. The number of hydrogen-bond acceptors (Lipinski definition) is 5. The van der Waals surface area contributed by atoms with E-state index < -0.39 is 0 Å². The van der Waals surface area contributed by atoms with Crippen molar-refractivity contribution < 1.29 is 13.9 Å². The van der Waals surface area contributed by atoms with Gasteiger partial charge in [-0.15, -0.1) is 10.2 Å². The van der Waals surface area contributed by atoms with Crippen LogP contribution in [0.15, 0.2) is 24.3 Å². The number of amides is 1. The first-order valence-electron chi connectivity index (χ1n) is 8.09. The van der Waals surface area contributed by atoms with Gasteiger partial charge in [0.05, 0.1) is 13.2 Å². The van der Waals surface area contributed by atoms with E-state index in [2.05, 4.69) is 20.7 Å². The Balaban J connectivity index is 1.40. The number of hydrogen-bond donors (Lipinski definition) is 1. The summed E-state index contributed by atoms with van der Waals surface area (Å²) in [6, 6.07) is 5.93. The molecule has 1 fully saturated rings. The van der Waals surface area contributed by atoms with E-state index in [-0.39, 0.29) is 11.7 Å². The van der Waals surface area contributed by atoms with E-state index in [9.17, 15) is 9.18 Å². The van der Waals surface area contributed by atoms with Gasteiger partial charge in [-0.25, -0.2) is 4.39 Å². The maximum atomic E-state index is 12.9. The summed E-state index contributed by atoms with van der Waals surface area (Å²) >= 11 is 0. The second-order valence-electron chi connectivity index (χ2n) is 5.85. The van der Waals surface area contributed by atoms with E-state index >= 15 is 0 Å². The van der Waals surface area contributed by atoms with Gasteiger partial charge in [-0.3, -0.25) is 4.79 Å². The number of rotatable bonds is 7. The number of carbonyl (C=O) groups excluding carboxylic acids is 1. The Morgan fingerprint density at radius 3 is 2.96 bits per heavy atom. The molecule has 0 aliphatic carbocycles. The number of benzene rings is 1. The van der Waals surface area contributed by atoms with Crippen LogP contribution >= 0.6 is 0 Å². The van der Waals surface area contributed by atoms with Gasteiger partial charge in [0.2, 0.25) is 11.7 Å². The molecular formula is C16H20FN5O2. The molecule has 0 bridgehead atoms. The number of ether oxygens (including phenoxy) is 1. The molecule has 1 amide bonds. The summed E-state index contributed by atoms with van der Waals surface area (Å²) < 4.78 is 18.2. The third-order valence-corrected chi connectivity index (χ3v) is 3.93. The van der Waals surface area contributed by atoms with Crippen LogP contribution in [-0.4, -0.2) is 45.9 Å². The smallest absolute Gasteiger partial charge is 0.220 e. The quantitative estimate of drug-likeness (QED) is 0.828. The average molecular weight is 333 g/mol. The van der Waals surface area contributed by atoms with Gasteiger partial charge >= 0.3 is 0 Å². The summed E-state index contributed by atoms with van der Waals surface area (Å²) in [6.07, 6.45) is 2.06. The summed E-state index contributed by atoms with van der Waals surface area (Å²) in [5.41, 5.74) is 0.708. The van der Waals surface area contributed by atoms with Crippen LogP contribution in [0, 0.1) is 11.7 Å². The van der Waals surface area contributed by atoms with Crippen molar-refractivity contribution in [3.05, 3.63) is 30.1 Å². The molecule has 1 saturated heterocycles. The molecule has 1 aliphatic heterocycles. The third kappa shape index (κ3) is 4.58. The monoisotopic (exact) mass is 333 g/mol. The van der Waals surface area contributed by atoms with Crippen molar-refractivity contribution in [3.8, 4) is 11.4 Å². The van der Waals surface area contributed by atoms with E-state index in [1.165, 1.54) is 16.9 Å². The average Bonchev–Trinajstić information content (AvgIpc) is 3.25. The molecule has 2 heterocycles. The molecule has 1 aromatic carbocycles. The first-order valence-corrected chi connectivity index (χ1v) is 8.09.